The van der Waals surface area contributed by atoms with E-state index in [0.717, 1.165) is 17.6 Å². The van der Waals surface area contributed by atoms with Gasteiger partial charge in [-0.25, -0.2) is 0 Å². The minimum Gasteiger partial charge on any atom is -0.507 e. The fraction of sp³-hybridized carbons (Fsp3) is 0.333. The number of phenolic OH excluding ortho intramolecular Hbond substituents is 1. The van der Waals surface area contributed by atoms with E-state index in [2.05, 4.69) is 20.8 Å². The van der Waals surface area contributed by atoms with Crippen LogP contribution in [0.25, 0.3) is 5.76 Å². The molecule has 2 aliphatic heterocycles. The Balaban J connectivity index is 1.75. The summed E-state index contributed by atoms with van der Waals surface area (Å²) >= 11 is 3.41. The molecule has 2 N–H and O–H groups in total. The highest BCUT2D eigenvalue weighted by Crippen LogP contribution is 2.41. The Hall–Kier alpha value is -2.88. The summed E-state index contributed by atoms with van der Waals surface area (Å²) in [6.45, 7) is 3.67. The smallest absolute Gasteiger partial charge is 0.295 e. The van der Waals surface area contributed by atoms with E-state index in [0.29, 0.717) is 37.6 Å². The fourth-order valence-corrected chi connectivity index (χ4v) is 4.42. The maximum atomic E-state index is 13.1. The largest absolute Gasteiger partial charge is 0.507 e. The molecule has 9 heteroatoms. The van der Waals surface area contributed by atoms with E-state index < -0.39 is 23.5 Å². The number of carbonyl (C=O) groups is 2. The molecule has 2 saturated heterocycles. The minimum absolute atomic E-state index is 0.0511. The normalized spacial score (nSPS) is 20.9. The van der Waals surface area contributed by atoms with E-state index in [9.17, 15) is 19.8 Å². The lowest BCUT2D eigenvalue weighted by Crippen LogP contribution is -2.42. The number of hydrogen-bond donors (Lipinski definition) is 2. The summed E-state index contributed by atoms with van der Waals surface area (Å²) in [5, 5.41) is 21.5. The Bertz CT molecular complexity index is 1080. The van der Waals surface area contributed by atoms with Crippen LogP contribution < -0.4 is 4.74 Å². The van der Waals surface area contributed by atoms with Crippen LogP contribution in [0.5, 0.6) is 11.5 Å². The zero-order valence-corrected chi connectivity index (χ0v) is 19.7. The van der Waals surface area contributed by atoms with E-state index in [4.69, 9.17) is 9.47 Å². The van der Waals surface area contributed by atoms with Crippen LogP contribution >= 0.6 is 15.9 Å². The van der Waals surface area contributed by atoms with Crippen molar-refractivity contribution in [3.8, 4) is 11.5 Å². The second-order valence-electron chi connectivity index (χ2n) is 7.88. The molecule has 0 aliphatic carbocycles. The maximum Gasteiger partial charge on any atom is 0.295 e. The van der Waals surface area contributed by atoms with Crippen molar-refractivity contribution in [3.05, 3.63) is 63.6 Å². The van der Waals surface area contributed by atoms with Crippen LogP contribution in [0.1, 0.15) is 17.2 Å². The van der Waals surface area contributed by atoms with Gasteiger partial charge in [-0.15, -0.1) is 0 Å². The van der Waals surface area contributed by atoms with Crippen molar-refractivity contribution in [2.75, 3.05) is 46.5 Å². The molecule has 2 aliphatic rings. The number of phenols is 1. The number of Topliss-reactive ketones (excluding diaryl/α,β-unsaturated/α-hetero) is 1. The van der Waals surface area contributed by atoms with Gasteiger partial charge >= 0.3 is 0 Å². The second kappa shape index (κ2) is 9.94. The molecule has 2 aromatic carbocycles. The lowest BCUT2D eigenvalue weighted by Gasteiger charge is -2.31. The third-order valence-corrected chi connectivity index (χ3v) is 6.48. The van der Waals surface area contributed by atoms with Crippen LogP contribution in [0, 0.1) is 0 Å². The number of amides is 1. The second-order valence-corrected chi connectivity index (χ2v) is 8.80. The molecule has 0 bridgehead atoms. The summed E-state index contributed by atoms with van der Waals surface area (Å²) in [6.07, 6.45) is 0. The van der Waals surface area contributed by atoms with Gasteiger partial charge in [-0.2, -0.15) is 0 Å². The van der Waals surface area contributed by atoms with Gasteiger partial charge in [0.1, 0.15) is 17.3 Å². The van der Waals surface area contributed by atoms with Gasteiger partial charge < -0.3 is 24.6 Å². The van der Waals surface area contributed by atoms with Crippen LogP contribution in [0.3, 0.4) is 0 Å². The lowest BCUT2D eigenvalue weighted by atomic mass is 9.95. The number of benzene rings is 2. The highest BCUT2D eigenvalue weighted by molar-refractivity contribution is 9.10. The Labute approximate surface area is 200 Å². The van der Waals surface area contributed by atoms with E-state index in [-0.39, 0.29) is 16.9 Å². The number of aliphatic hydroxyl groups is 1. The molecule has 33 heavy (non-hydrogen) atoms. The molecule has 2 fully saturated rings. The predicted octanol–water partition coefficient (Wildman–Crippen LogP) is 2.92. The van der Waals surface area contributed by atoms with Crippen LogP contribution in [0.2, 0.25) is 0 Å². The Kier molecular flexibility index (Phi) is 7.02. The molecule has 2 aromatic rings. The quantitative estimate of drug-likeness (QED) is 0.346. The molecule has 2 heterocycles. The third-order valence-electron chi connectivity index (χ3n) is 5.95. The molecule has 1 amide bonds. The van der Waals surface area contributed by atoms with Gasteiger partial charge in [-0.1, -0.05) is 28.1 Å². The number of aromatic hydroxyl groups is 1. The van der Waals surface area contributed by atoms with Crippen molar-refractivity contribution < 1.29 is 29.3 Å². The summed E-state index contributed by atoms with van der Waals surface area (Å²) in [4.78, 5) is 29.8. The highest BCUT2D eigenvalue weighted by Gasteiger charge is 2.46. The molecule has 8 nitrogen and oxygen atoms in total. The molecule has 0 spiro atoms. The van der Waals surface area contributed by atoms with E-state index in [1.165, 1.54) is 24.1 Å². The number of ketones is 1. The van der Waals surface area contributed by atoms with Gasteiger partial charge in [0.15, 0.2) is 0 Å². The first kappa shape index (κ1) is 23.3. The number of aliphatic hydroxyl groups excluding tert-OH is 1. The number of halogens is 1. The van der Waals surface area contributed by atoms with Gasteiger partial charge in [-0.05, 0) is 29.8 Å². The van der Waals surface area contributed by atoms with Gasteiger partial charge in [0.25, 0.3) is 11.7 Å². The molecular formula is C24H25BrN2O6. The molecule has 1 atom stereocenters. The van der Waals surface area contributed by atoms with E-state index >= 15 is 0 Å². The van der Waals surface area contributed by atoms with Crippen molar-refractivity contribution in [2.45, 2.75) is 6.04 Å². The standard InChI is InChI=1S/C24H25BrN2O6/c1-32-17-6-7-18(19(28)14-17)22(29)20-21(15-2-4-16(25)5-3-15)27(24(31)23(20)30)9-8-26-10-12-33-13-11-26/h2-7,14,21,28-29H,8-13H2,1H3/t21-/m1/s1. The average Bonchev–Trinajstić information content (AvgIpc) is 3.08. The fourth-order valence-electron chi connectivity index (χ4n) is 4.16. The molecule has 0 saturated carbocycles. The number of nitrogens with zero attached hydrogens (tertiary/aromatic N) is 2. The molecule has 0 aromatic heterocycles. The van der Waals surface area contributed by atoms with Crippen LogP contribution in [-0.2, 0) is 14.3 Å². The van der Waals surface area contributed by atoms with Crippen LogP contribution in [0.4, 0.5) is 0 Å². The summed E-state index contributed by atoms with van der Waals surface area (Å²) in [7, 11) is 1.46. The summed E-state index contributed by atoms with van der Waals surface area (Å²) in [5.74, 6) is -1.72. The van der Waals surface area contributed by atoms with Crippen molar-refractivity contribution in [1.29, 1.82) is 0 Å². The van der Waals surface area contributed by atoms with Crippen molar-refractivity contribution in [3.63, 3.8) is 0 Å². The molecule has 4 rings (SSSR count). The number of morpholine rings is 1. The summed E-state index contributed by atoms with van der Waals surface area (Å²) < 4.78 is 11.3. The topological polar surface area (TPSA) is 99.5 Å². The van der Waals surface area contributed by atoms with E-state index in [1.54, 1.807) is 6.07 Å². The van der Waals surface area contributed by atoms with E-state index in [1.807, 2.05) is 24.3 Å². The van der Waals surface area contributed by atoms with Gasteiger partial charge in [0.2, 0.25) is 0 Å². The number of hydrogen-bond acceptors (Lipinski definition) is 7. The monoisotopic (exact) mass is 516 g/mol. The zero-order chi connectivity index (χ0) is 23.5. The average molecular weight is 517 g/mol. The minimum atomic E-state index is -0.780. The molecule has 174 valence electrons. The Morgan fingerprint density at radius 1 is 1.12 bits per heavy atom. The lowest BCUT2D eigenvalue weighted by molar-refractivity contribution is -0.140. The van der Waals surface area contributed by atoms with Gasteiger partial charge in [0, 0.05) is 36.7 Å². The zero-order valence-electron chi connectivity index (χ0n) is 18.2. The first-order valence-electron chi connectivity index (χ1n) is 10.6. The molecule has 0 radical (unpaired) electrons. The molecular weight excluding hydrogens is 492 g/mol. The van der Waals surface area contributed by atoms with Crippen LogP contribution in [-0.4, -0.2) is 78.2 Å². The third kappa shape index (κ3) is 4.75. The SMILES string of the molecule is COc1ccc(C(O)=C2C(=O)C(=O)N(CCN3CCOCC3)[C@@H]2c2ccc(Br)cc2)c(O)c1. The van der Waals surface area contributed by atoms with Gasteiger partial charge in [-0.3, -0.25) is 14.5 Å². The van der Waals surface area contributed by atoms with Crippen molar-refractivity contribution in [2.24, 2.45) is 0 Å². The van der Waals surface area contributed by atoms with Crippen molar-refractivity contribution in [1.82, 2.24) is 9.80 Å². The first-order valence-corrected chi connectivity index (χ1v) is 11.4. The Morgan fingerprint density at radius 2 is 1.82 bits per heavy atom. The number of likely N-dealkylation sites (tertiary alicyclic amines) is 1. The number of carbonyl (C=O) groups excluding carboxylic acids is 2. The highest BCUT2D eigenvalue weighted by atomic mass is 79.9. The van der Waals surface area contributed by atoms with Gasteiger partial charge in [0.05, 0.1) is 37.5 Å². The Morgan fingerprint density at radius 3 is 2.45 bits per heavy atom. The number of rotatable bonds is 6. The number of methoxy groups -OCH3 is 1. The van der Waals surface area contributed by atoms with Crippen LogP contribution in [0.15, 0.2) is 52.5 Å². The number of ether oxygens (including phenoxy) is 2. The first-order chi connectivity index (χ1) is 15.9. The maximum absolute atomic E-state index is 13.1. The van der Waals surface area contributed by atoms with Crippen molar-refractivity contribution >= 4 is 33.4 Å². The summed E-state index contributed by atoms with van der Waals surface area (Å²) in [5.41, 5.74) is 0.697. The molecule has 0 unspecified atom stereocenters. The predicted molar refractivity (Wildman–Crippen MR) is 125 cm³/mol. The summed E-state index contributed by atoms with van der Waals surface area (Å²) in [6, 6.07) is 10.9.